The molecule has 2 aromatic rings. The molecule has 5 N–H and O–H groups in total. The second kappa shape index (κ2) is 6.09. The molecular weight excluding hydrogens is 226 g/mol. The lowest BCUT2D eigenvalue weighted by molar-refractivity contribution is 0.522. The van der Waals surface area contributed by atoms with Crippen LogP contribution >= 0.6 is 0 Å². The van der Waals surface area contributed by atoms with E-state index in [1.807, 2.05) is 24.3 Å². The molecule has 0 bridgehead atoms. The van der Waals surface area contributed by atoms with Gasteiger partial charge in [-0.2, -0.15) is 0 Å². The van der Waals surface area contributed by atoms with Gasteiger partial charge in [0.05, 0.1) is 0 Å². The van der Waals surface area contributed by atoms with Crippen molar-refractivity contribution in [3.05, 3.63) is 54.0 Å². The number of pyridine rings is 2. The second-order valence-corrected chi connectivity index (χ2v) is 4.22. The molecule has 94 valence electrons. The van der Waals surface area contributed by atoms with Crippen LogP contribution in [-0.2, 0) is 12.8 Å². The van der Waals surface area contributed by atoms with Crippen LogP contribution in [0.3, 0.4) is 0 Å². The molecular formula is C13H17N5. The fourth-order valence-corrected chi connectivity index (χ4v) is 1.90. The quantitative estimate of drug-likeness (QED) is 0.530. The van der Waals surface area contributed by atoms with Gasteiger partial charge in [0.15, 0.2) is 0 Å². The summed E-state index contributed by atoms with van der Waals surface area (Å²) in [6.45, 7) is 0. The van der Waals surface area contributed by atoms with Crippen molar-refractivity contribution in [2.75, 3.05) is 5.73 Å². The Balaban J connectivity index is 2.01. The molecule has 2 heterocycles. The van der Waals surface area contributed by atoms with E-state index in [-0.39, 0.29) is 6.04 Å². The molecule has 0 amide bonds. The minimum absolute atomic E-state index is 0.161. The van der Waals surface area contributed by atoms with Crippen LogP contribution in [0.1, 0.15) is 11.1 Å². The highest BCUT2D eigenvalue weighted by molar-refractivity contribution is 5.32. The van der Waals surface area contributed by atoms with Gasteiger partial charge in [0.1, 0.15) is 5.82 Å². The molecule has 0 aliphatic heterocycles. The van der Waals surface area contributed by atoms with Gasteiger partial charge in [0.2, 0.25) is 0 Å². The lowest BCUT2D eigenvalue weighted by atomic mass is 10.0. The van der Waals surface area contributed by atoms with Gasteiger partial charge in [-0.15, -0.1) is 0 Å². The van der Waals surface area contributed by atoms with Crippen molar-refractivity contribution in [3.63, 3.8) is 0 Å². The average Bonchev–Trinajstić information content (AvgIpc) is 2.39. The molecule has 0 saturated carbocycles. The van der Waals surface area contributed by atoms with E-state index < -0.39 is 0 Å². The Kier molecular flexibility index (Phi) is 4.22. The molecule has 0 aromatic carbocycles. The van der Waals surface area contributed by atoms with E-state index in [0.29, 0.717) is 5.82 Å². The molecule has 0 saturated heterocycles. The Morgan fingerprint density at radius 2 is 1.72 bits per heavy atom. The van der Waals surface area contributed by atoms with Gasteiger partial charge >= 0.3 is 0 Å². The molecule has 18 heavy (non-hydrogen) atoms. The smallest absolute Gasteiger partial charge is 0.123 e. The largest absolute Gasteiger partial charge is 0.384 e. The highest BCUT2D eigenvalue weighted by Crippen LogP contribution is 2.09. The first-order valence-electron chi connectivity index (χ1n) is 5.83. The van der Waals surface area contributed by atoms with E-state index in [9.17, 15) is 0 Å². The maximum Gasteiger partial charge on any atom is 0.123 e. The van der Waals surface area contributed by atoms with Gasteiger partial charge in [-0.05, 0) is 48.2 Å². The first-order chi connectivity index (χ1) is 8.78. The number of hydrazine groups is 1. The highest BCUT2D eigenvalue weighted by atomic mass is 15.2. The minimum atomic E-state index is 0.161. The maximum atomic E-state index is 5.66. The average molecular weight is 243 g/mol. The van der Waals surface area contributed by atoms with Crippen molar-refractivity contribution < 1.29 is 0 Å². The standard InChI is InChI=1S/C13H17N5/c14-13-9-11(3-6-17-13)8-12(18-15)7-10-1-4-16-5-2-10/h1-6,9,12,18H,7-8,15H2,(H2,14,17). The number of hydrogen-bond acceptors (Lipinski definition) is 5. The first kappa shape index (κ1) is 12.5. The summed E-state index contributed by atoms with van der Waals surface area (Å²) in [6, 6.07) is 7.97. The van der Waals surface area contributed by atoms with Crippen molar-refractivity contribution >= 4 is 5.82 Å². The van der Waals surface area contributed by atoms with E-state index in [1.165, 1.54) is 5.56 Å². The van der Waals surface area contributed by atoms with Gasteiger partial charge in [-0.3, -0.25) is 16.3 Å². The number of nitrogens with two attached hydrogens (primary N) is 2. The summed E-state index contributed by atoms with van der Waals surface area (Å²) in [5.74, 6) is 6.13. The van der Waals surface area contributed by atoms with Crippen LogP contribution in [0.15, 0.2) is 42.9 Å². The molecule has 0 aliphatic carbocycles. The molecule has 2 rings (SSSR count). The zero-order valence-corrected chi connectivity index (χ0v) is 10.1. The van der Waals surface area contributed by atoms with Crippen molar-refractivity contribution in [1.29, 1.82) is 0 Å². The fourth-order valence-electron chi connectivity index (χ4n) is 1.90. The van der Waals surface area contributed by atoms with E-state index in [0.717, 1.165) is 18.4 Å². The second-order valence-electron chi connectivity index (χ2n) is 4.22. The normalized spacial score (nSPS) is 12.3. The molecule has 0 aliphatic rings. The van der Waals surface area contributed by atoms with Gasteiger partial charge in [-0.25, -0.2) is 4.98 Å². The van der Waals surface area contributed by atoms with Crippen LogP contribution in [0.4, 0.5) is 5.82 Å². The van der Waals surface area contributed by atoms with Crippen LogP contribution in [0.25, 0.3) is 0 Å². The Morgan fingerprint density at radius 1 is 1.06 bits per heavy atom. The number of aromatic nitrogens is 2. The monoisotopic (exact) mass is 243 g/mol. The molecule has 0 radical (unpaired) electrons. The summed E-state index contributed by atoms with van der Waals surface area (Å²) in [6.07, 6.45) is 6.94. The van der Waals surface area contributed by atoms with Crippen LogP contribution in [0, 0.1) is 0 Å². The summed E-state index contributed by atoms with van der Waals surface area (Å²) >= 11 is 0. The number of nitrogens with one attached hydrogen (secondary N) is 1. The zero-order chi connectivity index (χ0) is 12.8. The van der Waals surface area contributed by atoms with Gasteiger partial charge in [-0.1, -0.05) is 0 Å². The fraction of sp³-hybridized carbons (Fsp3) is 0.231. The Morgan fingerprint density at radius 3 is 2.39 bits per heavy atom. The molecule has 1 unspecified atom stereocenters. The van der Waals surface area contributed by atoms with Gasteiger partial charge in [0.25, 0.3) is 0 Å². The number of hydrogen-bond donors (Lipinski definition) is 3. The van der Waals surface area contributed by atoms with Crippen molar-refractivity contribution in [2.45, 2.75) is 18.9 Å². The number of anilines is 1. The molecule has 0 fully saturated rings. The van der Waals surface area contributed by atoms with Crippen molar-refractivity contribution in [1.82, 2.24) is 15.4 Å². The number of nitrogen functional groups attached to an aromatic ring is 1. The first-order valence-corrected chi connectivity index (χ1v) is 5.83. The van der Waals surface area contributed by atoms with E-state index >= 15 is 0 Å². The van der Waals surface area contributed by atoms with Crippen molar-refractivity contribution in [2.24, 2.45) is 5.84 Å². The van der Waals surface area contributed by atoms with E-state index in [1.54, 1.807) is 18.6 Å². The molecule has 0 spiro atoms. The summed E-state index contributed by atoms with van der Waals surface area (Å²) in [5.41, 5.74) is 10.8. The van der Waals surface area contributed by atoms with Crippen LogP contribution < -0.4 is 17.0 Å². The van der Waals surface area contributed by atoms with E-state index in [4.69, 9.17) is 11.6 Å². The summed E-state index contributed by atoms with van der Waals surface area (Å²) < 4.78 is 0. The zero-order valence-electron chi connectivity index (χ0n) is 10.1. The Hall–Kier alpha value is -1.98. The molecule has 5 heteroatoms. The van der Waals surface area contributed by atoms with Crippen LogP contribution in [0.5, 0.6) is 0 Å². The SMILES string of the molecule is NNC(Cc1ccncc1)Cc1ccnc(N)c1. The third-order valence-electron chi connectivity index (χ3n) is 2.79. The predicted octanol–water partition coefficient (Wildman–Crippen LogP) is 0.676. The van der Waals surface area contributed by atoms with Gasteiger partial charge < -0.3 is 5.73 Å². The Bertz CT molecular complexity index is 486. The summed E-state index contributed by atoms with van der Waals surface area (Å²) in [5, 5.41) is 0. The number of rotatable bonds is 5. The number of nitrogens with zero attached hydrogens (tertiary/aromatic N) is 2. The summed E-state index contributed by atoms with van der Waals surface area (Å²) in [4.78, 5) is 7.97. The Labute approximate surface area is 106 Å². The highest BCUT2D eigenvalue weighted by Gasteiger charge is 2.09. The van der Waals surface area contributed by atoms with Crippen LogP contribution in [-0.4, -0.2) is 16.0 Å². The molecule has 5 nitrogen and oxygen atoms in total. The topological polar surface area (TPSA) is 89.8 Å². The minimum Gasteiger partial charge on any atom is -0.384 e. The van der Waals surface area contributed by atoms with E-state index in [2.05, 4.69) is 15.4 Å². The third kappa shape index (κ3) is 3.51. The summed E-state index contributed by atoms with van der Waals surface area (Å²) in [7, 11) is 0. The maximum absolute atomic E-state index is 5.66. The lowest BCUT2D eigenvalue weighted by Crippen LogP contribution is -2.38. The molecule has 1 atom stereocenters. The third-order valence-corrected chi connectivity index (χ3v) is 2.79. The lowest BCUT2D eigenvalue weighted by Gasteiger charge is -2.16. The predicted molar refractivity (Wildman–Crippen MR) is 71.4 cm³/mol. The van der Waals surface area contributed by atoms with Gasteiger partial charge in [0, 0.05) is 24.6 Å². The van der Waals surface area contributed by atoms with Crippen molar-refractivity contribution in [3.8, 4) is 0 Å². The molecule has 2 aromatic heterocycles. The van der Waals surface area contributed by atoms with Crippen LogP contribution in [0.2, 0.25) is 0 Å².